The standard InChI is InChI=1S/C18H18N2S/c1-12-9-10-17-15(11-12)19-18(21)20(17)16-8-4-6-13-5-2-3-7-14(13)16/h4,6,8-11H,2-3,5,7H2,1H3,(H,19,21). The summed E-state index contributed by atoms with van der Waals surface area (Å²) < 4.78 is 2.99. The summed E-state index contributed by atoms with van der Waals surface area (Å²) in [6, 6.07) is 13.1. The SMILES string of the molecule is Cc1ccc2c(c1)[nH]c(=S)n2-c1cccc2c1CCCC2. The molecule has 106 valence electrons. The molecule has 4 rings (SSSR count). The molecule has 1 aliphatic carbocycles. The number of nitrogens with one attached hydrogen (secondary N) is 1. The monoisotopic (exact) mass is 294 g/mol. The van der Waals surface area contributed by atoms with Crippen molar-refractivity contribution in [2.24, 2.45) is 0 Å². The van der Waals surface area contributed by atoms with Gasteiger partial charge in [0, 0.05) is 0 Å². The van der Waals surface area contributed by atoms with Crippen molar-refractivity contribution in [3.63, 3.8) is 0 Å². The Bertz CT molecular complexity index is 886. The molecule has 1 N–H and O–H groups in total. The molecule has 0 aliphatic heterocycles. The molecule has 0 unspecified atom stereocenters. The molecule has 0 atom stereocenters. The van der Waals surface area contributed by atoms with Crippen LogP contribution < -0.4 is 0 Å². The van der Waals surface area contributed by atoms with Gasteiger partial charge >= 0.3 is 0 Å². The van der Waals surface area contributed by atoms with Gasteiger partial charge in [0.2, 0.25) is 0 Å². The van der Waals surface area contributed by atoms with Crippen molar-refractivity contribution in [3.05, 3.63) is 57.9 Å². The van der Waals surface area contributed by atoms with Crippen molar-refractivity contribution in [1.29, 1.82) is 0 Å². The van der Waals surface area contributed by atoms with E-state index in [4.69, 9.17) is 12.2 Å². The number of benzene rings is 2. The third-order valence-corrected chi connectivity index (χ3v) is 4.73. The van der Waals surface area contributed by atoms with Crippen LogP contribution in [-0.2, 0) is 12.8 Å². The molecule has 1 heterocycles. The number of hydrogen-bond donors (Lipinski definition) is 1. The van der Waals surface area contributed by atoms with E-state index in [0.29, 0.717) is 0 Å². The van der Waals surface area contributed by atoms with Crippen LogP contribution in [0, 0.1) is 11.7 Å². The van der Waals surface area contributed by atoms with Crippen molar-refractivity contribution in [2.45, 2.75) is 32.6 Å². The van der Waals surface area contributed by atoms with Crippen LogP contribution in [0.3, 0.4) is 0 Å². The van der Waals surface area contributed by atoms with Crippen LogP contribution in [0.15, 0.2) is 36.4 Å². The second-order valence-electron chi connectivity index (χ2n) is 5.91. The van der Waals surface area contributed by atoms with E-state index in [2.05, 4.69) is 52.9 Å². The molecular weight excluding hydrogens is 276 g/mol. The highest BCUT2D eigenvalue weighted by Gasteiger charge is 2.16. The maximum Gasteiger partial charge on any atom is 0.182 e. The van der Waals surface area contributed by atoms with E-state index >= 15 is 0 Å². The second-order valence-corrected chi connectivity index (χ2v) is 6.29. The predicted molar refractivity (Wildman–Crippen MR) is 89.8 cm³/mol. The minimum atomic E-state index is 0.787. The summed E-state index contributed by atoms with van der Waals surface area (Å²) in [6.07, 6.45) is 4.93. The van der Waals surface area contributed by atoms with E-state index in [1.54, 1.807) is 0 Å². The number of hydrogen-bond acceptors (Lipinski definition) is 1. The van der Waals surface area contributed by atoms with Gasteiger partial charge in [-0.3, -0.25) is 4.57 Å². The zero-order valence-corrected chi connectivity index (χ0v) is 13.0. The summed E-state index contributed by atoms with van der Waals surface area (Å²) >= 11 is 5.59. The zero-order valence-electron chi connectivity index (χ0n) is 12.1. The highest BCUT2D eigenvalue weighted by atomic mass is 32.1. The largest absolute Gasteiger partial charge is 0.330 e. The van der Waals surface area contributed by atoms with Gasteiger partial charge in [0.15, 0.2) is 4.77 Å². The first-order valence-electron chi connectivity index (χ1n) is 7.56. The van der Waals surface area contributed by atoms with Gasteiger partial charge in [0.25, 0.3) is 0 Å². The molecule has 21 heavy (non-hydrogen) atoms. The minimum absolute atomic E-state index is 0.787. The third-order valence-electron chi connectivity index (χ3n) is 4.45. The summed E-state index contributed by atoms with van der Waals surface area (Å²) in [4.78, 5) is 3.35. The van der Waals surface area contributed by atoms with Crippen LogP contribution >= 0.6 is 12.2 Å². The number of aromatic amines is 1. The first-order valence-corrected chi connectivity index (χ1v) is 7.97. The average Bonchev–Trinajstić information content (AvgIpc) is 2.81. The molecule has 0 amide bonds. The fourth-order valence-corrected chi connectivity index (χ4v) is 3.74. The number of imidazole rings is 1. The number of aromatic nitrogens is 2. The van der Waals surface area contributed by atoms with Gasteiger partial charge in [-0.2, -0.15) is 0 Å². The normalized spacial score (nSPS) is 14.3. The maximum absolute atomic E-state index is 5.59. The van der Waals surface area contributed by atoms with Crippen LogP contribution in [0.4, 0.5) is 0 Å². The van der Waals surface area contributed by atoms with Gasteiger partial charge in [-0.1, -0.05) is 18.2 Å². The van der Waals surface area contributed by atoms with Crippen molar-refractivity contribution in [3.8, 4) is 5.69 Å². The Morgan fingerprint density at radius 1 is 1.10 bits per heavy atom. The van der Waals surface area contributed by atoms with Crippen LogP contribution in [0.5, 0.6) is 0 Å². The highest BCUT2D eigenvalue weighted by molar-refractivity contribution is 7.71. The fraction of sp³-hybridized carbons (Fsp3) is 0.278. The number of rotatable bonds is 1. The van der Waals surface area contributed by atoms with Gasteiger partial charge < -0.3 is 4.98 Å². The van der Waals surface area contributed by atoms with E-state index in [0.717, 1.165) is 16.7 Å². The molecule has 0 spiro atoms. The third kappa shape index (κ3) is 2.04. The Labute approximate surface area is 129 Å². The topological polar surface area (TPSA) is 20.7 Å². The maximum atomic E-state index is 5.59. The molecule has 0 saturated carbocycles. The Kier molecular flexibility index (Phi) is 2.96. The quantitative estimate of drug-likeness (QED) is 0.635. The first-order chi connectivity index (χ1) is 10.2. The van der Waals surface area contributed by atoms with E-state index in [1.165, 1.54) is 47.2 Å². The minimum Gasteiger partial charge on any atom is -0.330 e. The number of aryl methyl sites for hydroxylation is 2. The van der Waals surface area contributed by atoms with Crippen LogP contribution in [0.25, 0.3) is 16.7 Å². The van der Waals surface area contributed by atoms with Gasteiger partial charge in [0.05, 0.1) is 16.7 Å². The average molecular weight is 294 g/mol. The fourth-order valence-electron chi connectivity index (χ4n) is 3.44. The Balaban J connectivity index is 2.03. The lowest BCUT2D eigenvalue weighted by molar-refractivity contribution is 0.681. The molecule has 2 nitrogen and oxygen atoms in total. The summed E-state index contributed by atoms with van der Waals surface area (Å²) in [5.74, 6) is 0. The molecule has 0 radical (unpaired) electrons. The molecule has 0 fully saturated rings. The molecule has 0 bridgehead atoms. The highest BCUT2D eigenvalue weighted by Crippen LogP contribution is 2.29. The number of fused-ring (bicyclic) bond motifs is 2. The lowest BCUT2D eigenvalue weighted by atomic mass is 9.90. The molecule has 1 aromatic heterocycles. The van der Waals surface area contributed by atoms with Crippen molar-refractivity contribution >= 4 is 23.3 Å². The lowest BCUT2D eigenvalue weighted by Gasteiger charge is -2.20. The van der Waals surface area contributed by atoms with Gasteiger partial charge in [-0.05, 0) is 79.7 Å². The van der Waals surface area contributed by atoms with E-state index < -0.39 is 0 Å². The van der Waals surface area contributed by atoms with Crippen LogP contribution in [0.1, 0.15) is 29.5 Å². The van der Waals surface area contributed by atoms with Crippen molar-refractivity contribution in [2.75, 3.05) is 0 Å². The molecule has 3 aromatic rings. The molecule has 1 aliphatic rings. The van der Waals surface area contributed by atoms with E-state index in [1.807, 2.05) is 0 Å². The van der Waals surface area contributed by atoms with Gasteiger partial charge in [0.1, 0.15) is 0 Å². The van der Waals surface area contributed by atoms with E-state index in [9.17, 15) is 0 Å². The number of H-pyrrole nitrogens is 1. The van der Waals surface area contributed by atoms with Gasteiger partial charge in [-0.15, -0.1) is 0 Å². The van der Waals surface area contributed by atoms with Gasteiger partial charge in [-0.25, -0.2) is 0 Å². The predicted octanol–water partition coefficient (Wildman–Crippen LogP) is 4.88. The molecule has 2 aromatic carbocycles. The lowest BCUT2D eigenvalue weighted by Crippen LogP contribution is -2.08. The first kappa shape index (κ1) is 12.8. The molecular formula is C18H18N2S. The van der Waals surface area contributed by atoms with Crippen LogP contribution in [-0.4, -0.2) is 9.55 Å². The summed E-state index contributed by atoms with van der Waals surface area (Å²) in [7, 11) is 0. The second kappa shape index (κ2) is 4.85. The zero-order chi connectivity index (χ0) is 14.4. The van der Waals surface area contributed by atoms with Crippen LogP contribution in [0.2, 0.25) is 0 Å². The Hall–Kier alpha value is -1.87. The van der Waals surface area contributed by atoms with E-state index in [-0.39, 0.29) is 0 Å². The number of nitrogens with zero attached hydrogens (tertiary/aromatic N) is 1. The summed E-state index contributed by atoms with van der Waals surface area (Å²) in [5.41, 5.74) is 7.76. The smallest absolute Gasteiger partial charge is 0.182 e. The molecule has 0 saturated heterocycles. The van der Waals surface area contributed by atoms with Crippen molar-refractivity contribution < 1.29 is 0 Å². The Morgan fingerprint density at radius 3 is 2.86 bits per heavy atom. The summed E-state index contributed by atoms with van der Waals surface area (Å²) in [5, 5.41) is 0. The Morgan fingerprint density at radius 2 is 1.95 bits per heavy atom. The summed E-state index contributed by atoms with van der Waals surface area (Å²) in [6.45, 7) is 2.11. The molecule has 3 heteroatoms. The van der Waals surface area contributed by atoms with Crippen molar-refractivity contribution in [1.82, 2.24) is 9.55 Å².